The van der Waals surface area contributed by atoms with Crippen LogP contribution in [0.15, 0.2) is 18.2 Å². The van der Waals surface area contributed by atoms with Gasteiger partial charge in [0.05, 0.1) is 12.2 Å². The summed E-state index contributed by atoms with van der Waals surface area (Å²) >= 11 is 0. The predicted octanol–water partition coefficient (Wildman–Crippen LogP) is 0.667. The van der Waals surface area contributed by atoms with Crippen LogP contribution in [-0.4, -0.2) is 47.9 Å². The third kappa shape index (κ3) is 5.23. The first-order valence-corrected chi connectivity index (χ1v) is 6.41. The first kappa shape index (κ1) is 15.4. The molecule has 1 rings (SSSR count). The lowest BCUT2D eigenvalue weighted by molar-refractivity contribution is -0.130. The van der Waals surface area contributed by atoms with Gasteiger partial charge in [-0.2, -0.15) is 0 Å². The van der Waals surface area contributed by atoms with Crippen LogP contribution in [-0.2, 0) is 11.3 Å². The first-order valence-electron chi connectivity index (χ1n) is 6.41. The SMILES string of the molecule is CCCN(CC(=O)N(C)C)Cc1cccc(NN)n1. The number of rotatable bonds is 7. The summed E-state index contributed by atoms with van der Waals surface area (Å²) < 4.78 is 0. The molecule has 1 heterocycles. The van der Waals surface area contributed by atoms with Crippen molar-refractivity contribution in [3.63, 3.8) is 0 Å². The number of nitrogens with one attached hydrogen (secondary N) is 1. The number of amides is 1. The molecule has 0 fully saturated rings. The van der Waals surface area contributed by atoms with E-state index in [9.17, 15) is 4.79 Å². The molecule has 0 aliphatic rings. The van der Waals surface area contributed by atoms with Gasteiger partial charge in [0.25, 0.3) is 0 Å². The molecule has 0 spiro atoms. The maximum atomic E-state index is 11.8. The lowest BCUT2D eigenvalue weighted by atomic mass is 10.3. The van der Waals surface area contributed by atoms with E-state index in [1.807, 2.05) is 12.1 Å². The number of carbonyl (C=O) groups excluding carboxylic acids is 1. The Kier molecular flexibility index (Phi) is 6.24. The number of aromatic nitrogens is 1. The minimum Gasteiger partial charge on any atom is -0.348 e. The number of pyridine rings is 1. The molecule has 106 valence electrons. The van der Waals surface area contributed by atoms with Crippen LogP contribution >= 0.6 is 0 Å². The molecule has 0 aliphatic heterocycles. The number of nitrogen functional groups attached to an aromatic ring is 1. The van der Waals surface area contributed by atoms with Crippen LogP contribution in [0, 0.1) is 0 Å². The van der Waals surface area contributed by atoms with Crippen molar-refractivity contribution < 1.29 is 4.79 Å². The molecule has 6 heteroatoms. The second-order valence-electron chi connectivity index (χ2n) is 4.66. The molecule has 6 nitrogen and oxygen atoms in total. The number of hydrogen-bond donors (Lipinski definition) is 2. The Morgan fingerprint density at radius 2 is 2.16 bits per heavy atom. The summed E-state index contributed by atoms with van der Waals surface area (Å²) in [5, 5.41) is 0. The Morgan fingerprint density at radius 1 is 1.42 bits per heavy atom. The van der Waals surface area contributed by atoms with Gasteiger partial charge in [0, 0.05) is 20.6 Å². The molecule has 0 saturated carbocycles. The number of nitrogens with zero attached hydrogens (tertiary/aromatic N) is 3. The summed E-state index contributed by atoms with van der Waals surface area (Å²) in [5.41, 5.74) is 3.43. The summed E-state index contributed by atoms with van der Waals surface area (Å²) in [6.45, 7) is 4.01. The molecule has 0 atom stereocenters. The minimum absolute atomic E-state index is 0.0987. The molecule has 0 unspecified atom stereocenters. The zero-order chi connectivity index (χ0) is 14.3. The average Bonchev–Trinajstić information content (AvgIpc) is 2.39. The average molecular weight is 265 g/mol. The third-order valence-corrected chi connectivity index (χ3v) is 2.74. The van der Waals surface area contributed by atoms with Crippen LogP contribution < -0.4 is 11.3 Å². The van der Waals surface area contributed by atoms with Crippen molar-refractivity contribution in [2.75, 3.05) is 32.6 Å². The van der Waals surface area contributed by atoms with Gasteiger partial charge in [-0.3, -0.25) is 9.69 Å². The Labute approximate surface area is 114 Å². The Morgan fingerprint density at radius 3 is 2.74 bits per heavy atom. The Bertz CT molecular complexity index is 408. The highest BCUT2D eigenvalue weighted by Gasteiger charge is 2.12. The van der Waals surface area contributed by atoms with E-state index in [-0.39, 0.29) is 5.91 Å². The zero-order valence-electron chi connectivity index (χ0n) is 11.9. The van der Waals surface area contributed by atoms with Gasteiger partial charge in [-0.05, 0) is 25.1 Å². The fraction of sp³-hybridized carbons (Fsp3) is 0.538. The second-order valence-corrected chi connectivity index (χ2v) is 4.66. The summed E-state index contributed by atoms with van der Waals surface area (Å²) in [6, 6.07) is 5.64. The molecule has 0 radical (unpaired) electrons. The van der Waals surface area contributed by atoms with E-state index in [2.05, 4.69) is 22.2 Å². The molecule has 1 aromatic heterocycles. The summed E-state index contributed by atoms with van der Waals surface area (Å²) in [5.74, 6) is 6.07. The number of carbonyl (C=O) groups is 1. The van der Waals surface area contributed by atoms with E-state index in [0.29, 0.717) is 18.9 Å². The van der Waals surface area contributed by atoms with Gasteiger partial charge in [0.2, 0.25) is 5.91 Å². The number of likely N-dealkylation sites (N-methyl/N-ethyl adjacent to an activating group) is 1. The third-order valence-electron chi connectivity index (χ3n) is 2.74. The molecular formula is C13H23N5O. The molecule has 0 bridgehead atoms. The second kappa shape index (κ2) is 7.70. The van der Waals surface area contributed by atoms with Gasteiger partial charge < -0.3 is 10.3 Å². The Balaban J connectivity index is 2.68. The molecule has 0 aliphatic carbocycles. The van der Waals surface area contributed by atoms with E-state index >= 15 is 0 Å². The van der Waals surface area contributed by atoms with Crippen molar-refractivity contribution >= 4 is 11.7 Å². The maximum absolute atomic E-state index is 11.8. The lowest BCUT2D eigenvalue weighted by Gasteiger charge is -2.22. The molecule has 1 amide bonds. The van der Waals surface area contributed by atoms with Gasteiger partial charge in [-0.1, -0.05) is 13.0 Å². The molecule has 1 aromatic rings. The molecular weight excluding hydrogens is 242 g/mol. The van der Waals surface area contributed by atoms with Crippen LogP contribution in [0.5, 0.6) is 0 Å². The highest BCUT2D eigenvalue weighted by Crippen LogP contribution is 2.07. The van der Waals surface area contributed by atoms with Gasteiger partial charge in [0.15, 0.2) is 0 Å². The molecule has 3 N–H and O–H groups in total. The van der Waals surface area contributed by atoms with Crippen molar-refractivity contribution in [2.45, 2.75) is 19.9 Å². The van der Waals surface area contributed by atoms with Gasteiger partial charge >= 0.3 is 0 Å². The van der Waals surface area contributed by atoms with E-state index in [4.69, 9.17) is 5.84 Å². The van der Waals surface area contributed by atoms with Gasteiger partial charge in [-0.15, -0.1) is 0 Å². The van der Waals surface area contributed by atoms with Crippen LogP contribution in [0.3, 0.4) is 0 Å². The van der Waals surface area contributed by atoms with Crippen molar-refractivity contribution in [3.05, 3.63) is 23.9 Å². The van der Waals surface area contributed by atoms with E-state index in [1.54, 1.807) is 25.1 Å². The van der Waals surface area contributed by atoms with Gasteiger partial charge in [-0.25, -0.2) is 10.8 Å². The fourth-order valence-corrected chi connectivity index (χ4v) is 1.74. The zero-order valence-corrected chi connectivity index (χ0v) is 11.9. The summed E-state index contributed by atoms with van der Waals surface area (Å²) in [7, 11) is 3.54. The normalized spacial score (nSPS) is 10.6. The molecule has 0 saturated heterocycles. The number of nitrogens with two attached hydrogens (primary N) is 1. The minimum atomic E-state index is 0.0987. The fourth-order valence-electron chi connectivity index (χ4n) is 1.74. The highest BCUT2D eigenvalue weighted by atomic mass is 16.2. The number of hydrazine groups is 1. The largest absolute Gasteiger partial charge is 0.348 e. The number of hydrogen-bond acceptors (Lipinski definition) is 5. The monoisotopic (exact) mass is 265 g/mol. The number of anilines is 1. The summed E-state index contributed by atoms with van der Waals surface area (Å²) in [4.78, 5) is 19.8. The van der Waals surface area contributed by atoms with Crippen molar-refractivity contribution in [2.24, 2.45) is 5.84 Å². The Hall–Kier alpha value is -1.66. The van der Waals surface area contributed by atoms with Crippen LogP contribution in [0.4, 0.5) is 5.82 Å². The highest BCUT2D eigenvalue weighted by molar-refractivity contribution is 5.77. The van der Waals surface area contributed by atoms with E-state index in [1.165, 1.54) is 0 Å². The lowest BCUT2D eigenvalue weighted by Crippen LogP contribution is -2.36. The first-order chi connectivity index (χ1) is 9.06. The topological polar surface area (TPSA) is 74.5 Å². The van der Waals surface area contributed by atoms with Crippen molar-refractivity contribution in [1.29, 1.82) is 0 Å². The maximum Gasteiger partial charge on any atom is 0.236 e. The van der Waals surface area contributed by atoms with Crippen molar-refractivity contribution in [3.8, 4) is 0 Å². The van der Waals surface area contributed by atoms with Crippen LogP contribution in [0.1, 0.15) is 19.0 Å². The van der Waals surface area contributed by atoms with Crippen LogP contribution in [0.25, 0.3) is 0 Å². The van der Waals surface area contributed by atoms with E-state index in [0.717, 1.165) is 18.7 Å². The molecule has 19 heavy (non-hydrogen) atoms. The van der Waals surface area contributed by atoms with Gasteiger partial charge in [0.1, 0.15) is 5.82 Å². The smallest absolute Gasteiger partial charge is 0.236 e. The standard InChI is InChI=1S/C13H23N5O/c1-4-8-18(10-13(19)17(2)3)9-11-6-5-7-12(15-11)16-14/h5-7H,4,8-10,14H2,1-3H3,(H,15,16). The van der Waals surface area contributed by atoms with Crippen LogP contribution in [0.2, 0.25) is 0 Å². The summed E-state index contributed by atoms with van der Waals surface area (Å²) in [6.07, 6.45) is 0.996. The van der Waals surface area contributed by atoms with Crippen molar-refractivity contribution in [1.82, 2.24) is 14.8 Å². The quantitative estimate of drug-likeness (QED) is 0.560. The molecule has 0 aromatic carbocycles. The predicted molar refractivity (Wildman–Crippen MR) is 76.3 cm³/mol. The van der Waals surface area contributed by atoms with E-state index < -0.39 is 0 Å².